The number of furan rings is 1. The maximum absolute atomic E-state index is 10.4. The standard InChI is InChI=1S/C12H13NO2/c13-9-12(14,11-7-4-8-15-11)10-5-2-1-3-6-10/h1-8,14H,9,13H2. The summed E-state index contributed by atoms with van der Waals surface area (Å²) in [7, 11) is 0. The van der Waals surface area contributed by atoms with Crippen molar-refractivity contribution < 1.29 is 9.52 Å². The lowest BCUT2D eigenvalue weighted by Crippen LogP contribution is -2.35. The number of hydrogen-bond acceptors (Lipinski definition) is 3. The number of benzene rings is 1. The van der Waals surface area contributed by atoms with Crippen LogP contribution in [0.15, 0.2) is 53.1 Å². The maximum atomic E-state index is 10.4. The lowest BCUT2D eigenvalue weighted by atomic mass is 9.91. The van der Waals surface area contributed by atoms with Gasteiger partial charge in [-0.1, -0.05) is 30.3 Å². The van der Waals surface area contributed by atoms with Crippen LogP contribution >= 0.6 is 0 Å². The molecule has 1 aromatic heterocycles. The number of rotatable bonds is 3. The van der Waals surface area contributed by atoms with E-state index in [4.69, 9.17) is 10.2 Å². The molecule has 0 spiro atoms. The molecular formula is C12H13NO2. The Bertz CT molecular complexity index is 410. The van der Waals surface area contributed by atoms with Crippen LogP contribution in [0.25, 0.3) is 0 Å². The van der Waals surface area contributed by atoms with Crippen molar-refractivity contribution >= 4 is 0 Å². The second-order valence-corrected chi connectivity index (χ2v) is 3.41. The molecule has 15 heavy (non-hydrogen) atoms. The van der Waals surface area contributed by atoms with Gasteiger partial charge >= 0.3 is 0 Å². The van der Waals surface area contributed by atoms with Gasteiger partial charge in [0.2, 0.25) is 0 Å². The molecule has 0 radical (unpaired) electrons. The summed E-state index contributed by atoms with van der Waals surface area (Å²) >= 11 is 0. The highest BCUT2D eigenvalue weighted by Crippen LogP contribution is 2.28. The summed E-state index contributed by atoms with van der Waals surface area (Å²) in [6.07, 6.45) is 1.53. The first-order valence-electron chi connectivity index (χ1n) is 4.79. The molecule has 0 aliphatic carbocycles. The van der Waals surface area contributed by atoms with Crippen molar-refractivity contribution in [2.45, 2.75) is 5.60 Å². The average Bonchev–Trinajstić information content (AvgIpc) is 2.83. The minimum absolute atomic E-state index is 0.0878. The molecule has 0 amide bonds. The van der Waals surface area contributed by atoms with E-state index in [2.05, 4.69) is 0 Å². The lowest BCUT2D eigenvalue weighted by Gasteiger charge is -2.24. The van der Waals surface area contributed by atoms with Gasteiger partial charge in [-0.3, -0.25) is 0 Å². The Labute approximate surface area is 88.1 Å². The summed E-state index contributed by atoms with van der Waals surface area (Å²) in [5, 5.41) is 10.4. The predicted molar refractivity (Wildman–Crippen MR) is 57.2 cm³/mol. The van der Waals surface area contributed by atoms with Crippen LogP contribution in [0.5, 0.6) is 0 Å². The minimum atomic E-state index is -1.23. The summed E-state index contributed by atoms with van der Waals surface area (Å²) in [5.74, 6) is 0.469. The highest BCUT2D eigenvalue weighted by Gasteiger charge is 2.32. The van der Waals surface area contributed by atoms with E-state index < -0.39 is 5.60 Å². The van der Waals surface area contributed by atoms with Gasteiger partial charge in [0.1, 0.15) is 5.76 Å². The fourth-order valence-electron chi connectivity index (χ4n) is 1.59. The smallest absolute Gasteiger partial charge is 0.159 e. The zero-order valence-corrected chi connectivity index (χ0v) is 8.26. The minimum Gasteiger partial charge on any atom is -0.466 e. The van der Waals surface area contributed by atoms with Crippen molar-refractivity contribution in [1.29, 1.82) is 0 Å². The van der Waals surface area contributed by atoms with E-state index in [1.54, 1.807) is 12.1 Å². The highest BCUT2D eigenvalue weighted by atomic mass is 16.4. The van der Waals surface area contributed by atoms with Crippen LogP contribution in [-0.2, 0) is 5.60 Å². The third-order valence-electron chi connectivity index (χ3n) is 2.48. The molecule has 3 nitrogen and oxygen atoms in total. The van der Waals surface area contributed by atoms with Crippen LogP contribution in [0.1, 0.15) is 11.3 Å². The summed E-state index contributed by atoms with van der Waals surface area (Å²) in [6.45, 7) is 0.0878. The number of nitrogens with two attached hydrogens (primary N) is 1. The van der Waals surface area contributed by atoms with Crippen LogP contribution in [0, 0.1) is 0 Å². The molecule has 0 bridgehead atoms. The number of aliphatic hydroxyl groups is 1. The molecule has 0 fully saturated rings. The molecule has 1 unspecified atom stereocenters. The third kappa shape index (κ3) is 1.67. The molecule has 0 saturated carbocycles. The maximum Gasteiger partial charge on any atom is 0.159 e. The summed E-state index contributed by atoms with van der Waals surface area (Å²) in [6, 6.07) is 12.7. The zero-order chi connectivity index (χ0) is 10.7. The predicted octanol–water partition coefficient (Wildman–Crippen LogP) is 1.47. The highest BCUT2D eigenvalue weighted by molar-refractivity contribution is 5.31. The van der Waals surface area contributed by atoms with Gasteiger partial charge in [-0.05, 0) is 17.7 Å². The van der Waals surface area contributed by atoms with Crippen LogP contribution in [0.2, 0.25) is 0 Å². The average molecular weight is 203 g/mol. The van der Waals surface area contributed by atoms with Crippen molar-refractivity contribution in [2.75, 3.05) is 6.54 Å². The van der Waals surface area contributed by atoms with Gasteiger partial charge in [-0.25, -0.2) is 0 Å². The van der Waals surface area contributed by atoms with Crippen molar-refractivity contribution in [3.63, 3.8) is 0 Å². The molecule has 3 heteroatoms. The topological polar surface area (TPSA) is 59.4 Å². The molecule has 0 aliphatic rings. The molecule has 1 aromatic carbocycles. The zero-order valence-electron chi connectivity index (χ0n) is 8.26. The van der Waals surface area contributed by atoms with E-state index in [0.717, 1.165) is 5.56 Å². The van der Waals surface area contributed by atoms with Crippen LogP contribution in [-0.4, -0.2) is 11.7 Å². The first kappa shape index (κ1) is 9.96. The van der Waals surface area contributed by atoms with Crippen LogP contribution in [0.4, 0.5) is 0 Å². The molecule has 2 rings (SSSR count). The Morgan fingerprint density at radius 1 is 1.13 bits per heavy atom. The molecule has 3 N–H and O–H groups in total. The lowest BCUT2D eigenvalue weighted by molar-refractivity contribution is 0.0657. The van der Waals surface area contributed by atoms with E-state index in [0.29, 0.717) is 5.76 Å². The molecular weight excluding hydrogens is 190 g/mol. The second-order valence-electron chi connectivity index (χ2n) is 3.41. The monoisotopic (exact) mass is 203 g/mol. The van der Waals surface area contributed by atoms with Gasteiger partial charge in [0.05, 0.1) is 6.26 Å². The Kier molecular flexibility index (Phi) is 2.58. The van der Waals surface area contributed by atoms with E-state index in [9.17, 15) is 5.11 Å². The Hall–Kier alpha value is -1.58. The van der Waals surface area contributed by atoms with Gasteiger partial charge < -0.3 is 15.3 Å². The van der Waals surface area contributed by atoms with E-state index in [1.165, 1.54) is 6.26 Å². The van der Waals surface area contributed by atoms with E-state index in [1.807, 2.05) is 30.3 Å². The van der Waals surface area contributed by atoms with Crippen LogP contribution < -0.4 is 5.73 Å². The van der Waals surface area contributed by atoms with Crippen molar-refractivity contribution in [3.8, 4) is 0 Å². The Balaban J connectivity index is 2.47. The summed E-state index contributed by atoms with van der Waals surface area (Å²) in [5.41, 5.74) is 5.13. The molecule has 1 heterocycles. The normalized spacial score (nSPS) is 14.8. The largest absolute Gasteiger partial charge is 0.466 e. The Morgan fingerprint density at radius 3 is 2.40 bits per heavy atom. The molecule has 0 aliphatic heterocycles. The van der Waals surface area contributed by atoms with Crippen molar-refractivity contribution in [3.05, 3.63) is 60.1 Å². The quantitative estimate of drug-likeness (QED) is 0.794. The van der Waals surface area contributed by atoms with Gasteiger partial charge in [0, 0.05) is 6.54 Å². The molecule has 2 aromatic rings. The van der Waals surface area contributed by atoms with Crippen molar-refractivity contribution in [2.24, 2.45) is 5.73 Å². The SMILES string of the molecule is NCC(O)(c1ccccc1)c1ccco1. The first-order valence-corrected chi connectivity index (χ1v) is 4.79. The second kappa shape index (κ2) is 3.88. The summed E-state index contributed by atoms with van der Waals surface area (Å²) < 4.78 is 5.21. The molecule has 1 atom stereocenters. The first-order chi connectivity index (χ1) is 7.27. The van der Waals surface area contributed by atoms with Crippen LogP contribution in [0.3, 0.4) is 0 Å². The van der Waals surface area contributed by atoms with E-state index >= 15 is 0 Å². The van der Waals surface area contributed by atoms with Gasteiger partial charge in [-0.15, -0.1) is 0 Å². The molecule has 0 saturated heterocycles. The Morgan fingerprint density at radius 2 is 1.87 bits per heavy atom. The third-order valence-corrected chi connectivity index (χ3v) is 2.48. The van der Waals surface area contributed by atoms with Crippen molar-refractivity contribution in [1.82, 2.24) is 0 Å². The fourth-order valence-corrected chi connectivity index (χ4v) is 1.59. The molecule has 78 valence electrons. The summed E-state index contributed by atoms with van der Waals surface area (Å²) in [4.78, 5) is 0. The number of hydrogen-bond donors (Lipinski definition) is 2. The van der Waals surface area contributed by atoms with Gasteiger partial charge in [-0.2, -0.15) is 0 Å². The van der Waals surface area contributed by atoms with Gasteiger partial charge in [0.15, 0.2) is 5.60 Å². The van der Waals surface area contributed by atoms with E-state index in [-0.39, 0.29) is 6.54 Å². The van der Waals surface area contributed by atoms with Gasteiger partial charge in [0.25, 0.3) is 0 Å². The fraction of sp³-hybridized carbons (Fsp3) is 0.167.